The van der Waals surface area contributed by atoms with E-state index in [2.05, 4.69) is 10.6 Å². The Balaban J connectivity index is 2.77. The standard InChI is InChI=1S/C16H25ClN2O3/c1-16(2,3)22-15(21)19-13(14(20)10-18-4)9-11-6-5-7-12(17)8-11/h5-8,13-14,18,20H,9-10H2,1-4H3,(H,19,21)/t13-,14+/m0/s1. The van der Waals surface area contributed by atoms with Crippen molar-refractivity contribution >= 4 is 17.7 Å². The maximum absolute atomic E-state index is 11.9. The van der Waals surface area contributed by atoms with Crippen molar-refractivity contribution < 1.29 is 14.6 Å². The molecule has 0 saturated carbocycles. The molecule has 0 aliphatic heterocycles. The number of aliphatic hydroxyl groups excluding tert-OH is 1. The summed E-state index contributed by atoms with van der Waals surface area (Å²) < 4.78 is 5.25. The summed E-state index contributed by atoms with van der Waals surface area (Å²) >= 11 is 5.98. The largest absolute Gasteiger partial charge is 0.444 e. The van der Waals surface area contributed by atoms with Crippen molar-refractivity contribution in [1.29, 1.82) is 0 Å². The number of benzene rings is 1. The van der Waals surface area contributed by atoms with Gasteiger partial charge in [-0.25, -0.2) is 4.79 Å². The molecule has 0 aliphatic carbocycles. The van der Waals surface area contributed by atoms with E-state index in [-0.39, 0.29) is 0 Å². The molecular formula is C16H25ClN2O3. The second-order valence-corrected chi connectivity index (χ2v) is 6.65. The highest BCUT2D eigenvalue weighted by Gasteiger charge is 2.24. The lowest BCUT2D eigenvalue weighted by Crippen LogP contribution is -2.49. The van der Waals surface area contributed by atoms with E-state index >= 15 is 0 Å². The zero-order valence-corrected chi connectivity index (χ0v) is 14.3. The molecule has 2 atom stereocenters. The molecule has 0 spiro atoms. The predicted octanol–water partition coefficient (Wildman–Crippen LogP) is 2.36. The second kappa shape index (κ2) is 8.36. The number of hydrogen-bond donors (Lipinski definition) is 3. The molecule has 0 unspecified atom stereocenters. The second-order valence-electron chi connectivity index (χ2n) is 6.21. The number of aliphatic hydroxyl groups is 1. The Morgan fingerprint density at radius 2 is 2.09 bits per heavy atom. The average Bonchev–Trinajstić information content (AvgIpc) is 2.36. The van der Waals surface area contributed by atoms with Gasteiger partial charge in [0.1, 0.15) is 5.60 Å². The minimum Gasteiger partial charge on any atom is -0.444 e. The fourth-order valence-corrected chi connectivity index (χ4v) is 2.22. The van der Waals surface area contributed by atoms with Crippen LogP contribution in [0.15, 0.2) is 24.3 Å². The van der Waals surface area contributed by atoms with Crippen LogP contribution in [0.4, 0.5) is 4.79 Å². The first-order chi connectivity index (χ1) is 10.2. The lowest BCUT2D eigenvalue weighted by molar-refractivity contribution is 0.0424. The smallest absolute Gasteiger partial charge is 0.407 e. The summed E-state index contributed by atoms with van der Waals surface area (Å²) in [5, 5.41) is 16.5. The van der Waals surface area contributed by atoms with Gasteiger partial charge in [-0.15, -0.1) is 0 Å². The number of amides is 1. The maximum Gasteiger partial charge on any atom is 0.407 e. The first kappa shape index (κ1) is 18.7. The van der Waals surface area contributed by atoms with Crippen LogP contribution in [-0.2, 0) is 11.2 Å². The van der Waals surface area contributed by atoms with E-state index in [0.29, 0.717) is 18.0 Å². The van der Waals surface area contributed by atoms with Crippen LogP contribution in [0, 0.1) is 0 Å². The van der Waals surface area contributed by atoms with E-state index in [4.69, 9.17) is 16.3 Å². The van der Waals surface area contributed by atoms with Gasteiger partial charge in [-0.3, -0.25) is 0 Å². The third-order valence-corrected chi connectivity index (χ3v) is 3.16. The van der Waals surface area contributed by atoms with Crippen LogP contribution >= 0.6 is 11.6 Å². The minimum atomic E-state index is -0.739. The van der Waals surface area contributed by atoms with E-state index in [1.807, 2.05) is 18.2 Å². The van der Waals surface area contributed by atoms with Crippen LogP contribution in [0.2, 0.25) is 5.02 Å². The number of rotatable bonds is 6. The fraction of sp³-hybridized carbons (Fsp3) is 0.562. The topological polar surface area (TPSA) is 70.6 Å². The maximum atomic E-state index is 11.9. The molecule has 6 heteroatoms. The van der Waals surface area contributed by atoms with Crippen molar-refractivity contribution in [3.05, 3.63) is 34.9 Å². The summed E-state index contributed by atoms with van der Waals surface area (Å²) in [7, 11) is 1.74. The van der Waals surface area contributed by atoms with Gasteiger partial charge in [0.15, 0.2) is 0 Å². The van der Waals surface area contributed by atoms with Crippen molar-refractivity contribution in [2.24, 2.45) is 0 Å². The summed E-state index contributed by atoms with van der Waals surface area (Å²) in [5.41, 5.74) is 0.349. The predicted molar refractivity (Wildman–Crippen MR) is 88.2 cm³/mol. The van der Waals surface area contributed by atoms with E-state index in [1.54, 1.807) is 33.9 Å². The average molecular weight is 329 g/mol. The van der Waals surface area contributed by atoms with Gasteiger partial charge in [-0.05, 0) is 51.9 Å². The Morgan fingerprint density at radius 3 is 2.64 bits per heavy atom. The number of halogens is 1. The van der Waals surface area contributed by atoms with Gasteiger partial charge < -0.3 is 20.5 Å². The molecule has 1 amide bonds. The van der Waals surface area contributed by atoms with Crippen molar-refractivity contribution in [1.82, 2.24) is 10.6 Å². The molecule has 1 rings (SSSR count). The van der Waals surface area contributed by atoms with Gasteiger partial charge in [0, 0.05) is 11.6 Å². The number of nitrogens with one attached hydrogen (secondary N) is 2. The Hall–Kier alpha value is -1.30. The molecule has 0 heterocycles. The third-order valence-electron chi connectivity index (χ3n) is 2.92. The van der Waals surface area contributed by atoms with Crippen molar-refractivity contribution in [2.75, 3.05) is 13.6 Å². The van der Waals surface area contributed by atoms with Crippen LogP contribution in [0.3, 0.4) is 0 Å². The van der Waals surface area contributed by atoms with Gasteiger partial charge >= 0.3 is 6.09 Å². The van der Waals surface area contributed by atoms with E-state index in [1.165, 1.54) is 0 Å². The number of hydrogen-bond acceptors (Lipinski definition) is 4. The summed E-state index contributed by atoms with van der Waals surface area (Å²) in [4.78, 5) is 11.9. The Kier molecular flexibility index (Phi) is 7.13. The molecule has 0 bridgehead atoms. The highest BCUT2D eigenvalue weighted by molar-refractivity contribution is 6.30. The van der Waals surface area contributed by atoms with Crippen LogP contribution in [-0.4, -0.2) is 42.5 Å². The van der Waals surface area contributed by atoms with Crippen LogP contribution < -0.4 is 10.6 Å². The first-order valence-corrected chi connectivity index (χ1v) is 7.65. The highest BCUT2D eigenvalue weighted by Crippen LogP contribution is 2.14. The first-order valence-electron chi connectivity index (χ1n) is 7.28. The fourth-order valence-electron chi connectivity index (χ4n) is 2.01. The quantitative estimate of drug-likeness (QED) is 0.749. The molecule has 5 nitrogen and oxygen atoms in total. The molecule has 3 N–H and O–H groups in total. The van der Waals surface area contributed by atoms with E-state index < -0.39 is 23.8 Å². The number of carbonyl (C=O) groups excluding carboxylic acids is 1. The van der Waals surface area contributed by atoms with Crippen molar-refractivity contribution in [3.63, 3.8) is 0 Å². The van der Waals surface area contributed by atoms with Gasteiger partial charge in [0.25, 0.3) is 0 Å². The highest BCUT2D eigenvalue weighted by atomic mass is 35.5. The molecule has 0 saturated heterocycles. The third kappa shape index (κ3) is 7.11. The van der Waals surface area contributed by atoms with Gasteiger partial charge in [-0.2, -0.15) is 0 Å². The molecule has 1 aromatic rings. The lowest BCUT2D eigenvalue weighted by atomic mass is 10.0. The summed E-state index contributed by atoms with van der Waals surface area (Å²) in [5.74, 6) is 0. The number of ether oxygens (including phenoxy) is 1. The number of carbonyl (C=O) groups is 1. The Bertz CT molecular complexity index is 489. The molecular weight excluding hydrogens is 304 g/mol. The monoisotopic (exact) mass is 328 g/mol. The SMILES string of the molecule is CNC[C@@H](O)[C@H](Cc1cccc(Cl)c1)NC(=O)OC(C)(C)C. The molecule has 0 aromatic heterocycles. The van der Waals surface area contributed by atoms with Crippen LogP contribution in [0.25, 0.3) is 0 Å². The zero-order chi connectivity index (χ0) is 16.8. The van der Waals surface area contributed by atoms with Gasteiger partial charge in [0.2, 0.25) is 0 Å². The number of alkyl carbamates (subject to hydrolysis) is 1. The summed E-state index contributed by atoms with van der Waals surface area (Å²) in [6.07, 6.45) is -0.825. The van der Waals surface area contributed by atoms with Gasteiger partial charge in [-0.1, -0.05) is 23.7 Å². The van der Waals surface area contributed by atoms with Gasteiger partial charge in [0.05, 0.1) is 12.1 Å². The molecule has 0 radical (unpaired) electrons. The number of likely N-dealkylation sites (N-methyl/N-ethyl adjacent to an activating group) is 1. The Labute approximate surface area is 137 Å². The molecule has 0 aliphatic rings. The summed E-state index contributed by atoms with van der Waals surface area (Å²) in [6.45, 7) is 5.74. The summed E-state index contributed by atoms with van der Waals surface area (Å²) in [6, 6.07) is 6.87. The zero-order valence-electron chi connectivity index (χ0n) is 13.5. The van der Waals surface area contributed by atoms with Crippen LogP contribution in [0.5, 0.6) is 0 Å². The normalized spacial score (nSPS) is 14.3. The minimum absolute atomic E-state index is 0.362. The molecule has 124 valence electrons. The molecule has 0 fully saturated rings. The Morgan fingerprint density at radius 1 is 1.41 bits per heavy atom. The van der Waals surface area contributed by atoms with E-state index in [9.17, 15) is 9.90 Å². The molecule has 22 heavy (non-hydrogen) atoms. The van der Waals surface area contributed by atoms with Crippen molar-refractivity contribution in [3.8, 4) is 0 Å². The van der Waals surface area contributed by atoms with Crippen LogP contribution in [0.1, 0.15) is 26.3 Å². The van der Waals surface area contributed by atoms with Crippen molar-refractivity contribution in [2.45, 2.75) is 44.9 Å². The molecule has 1 aromatic carbocycles. The lowest BCUT2D eigenvalue weighted by Gasteiger charge is -2.26. The van der Waals surface area contributed by atoms with E-state index in [0.717, 1.165) is 5.56 Å².